The molecule has 1 aliphatic rings. The van der Waals surface area contributed by atoms with Gasteiger partial charge in [-0.1, -0.05) is 42.0 Å². The van der Waals surface area contributed by atoms with Crippen molar-refractivity contribution < 1.29 is 14.3 Å². The Kier molecular flexibility index (Phi) is 6.24. The third-order valence-electron chi connectivity index (χ3n) is 4.81. The summed E-state index contributed by atoms with van der Waals surface area (Å²) in [6.45, 7) is 5.78. The second kappa shape index (κ2) is 8.82. The maximum atomic E-state index is 12.9. The number of carbonyl (C=O) groups is 2. The van der Waals surface area contributed by atoms with Crippen LogP contribution in [0.3, 0.4) is 0 Å². The SMILES string of the molecule is CCOC(=O)c1ccccc1NC(=O)C1CCCN1Cc1cccc(C)c1. The van der Waals surface area contributed by atoms with Crippen molar-refractivity contribution in [1.29, 1.82) is 0 Å². The summed E-state index contributed by atoms with van der Waals surface area (Å²) in [4.78, 5) is 27.2. The largest absolute Gasteiger partial charge is 0.462 e. The van der Waals surface area contributed by atoms with Gasteiger partial charge in [-0.05, 0) is 50.9 Å². The Morgan fingerprint density at radius 1 is 1.19 bits per heavy atom. The number of ether oxygens (including phenoxy) is 1. The van der Waals surface area contributed by atoms with Crippen LogP contribution >= 0.6 is 0 Å². The van der Waals surface area contributed by atoms with Gasteiger partial charge in [0.2, 0.25) is 5.91 Å². The lowest BCUT2D eigenvalue weighted by atomic mass is 10.1. The summed E-state index contributed by atoms with van der Waals surface area (Å²) in [5.41, 5.74) is 3.32. The second-order valence-electron chi connectivity index (χ2n) is 6.87. The zero-order valence-corrected chi connectivity index (χ0v) is 15.9. The average Bonchev–Trinajstić information content (AvgIpc) is 3.10. The van der Waals surface area contributed by atoms with E-state index in [0.29, 0.717) is 17.9 Å². The molecule has 1 amide bonds. The van der Waals surface area contributed by atoms with Crippen molar-refractivity contribution in [2.45, 2.75) is 39.3 Å². The minimum Gasteiger partial charge on any atom is -0.462 e. The van der Waals surface area contributed by atoms with Crippen molar-refractivity contribution in [3.05, 3.63) is 65.2 Å². The predicted octanol–water partition coefficient (Wildman–Crippen LogP) is 3.77. The fourth-order valence-corrected chi connectivity index (χ4v) is 3.55. The number of rotatable bonds is 6. The van der Waals surface area contributed by atoms with Gasteiger partial charge in [0, 0.05) is 6.54 Å². The van der Waals surface area contributed by atoms with Gasteiger partial charge in [-0.2, -0.15) is 0 Å². The third-order valence-corrected chi connectivity index (χ3v) is 4.81. The third kappa shape index (κ3) is 4.74. The van der Waals surface area contributed by atoms with Crippen LogP contribution in [-0.2, 0) is 16.1 Å². The number of hydrogen-bond acceptors (Lipinski definition) is 4. The summed E-state index contributed by atoms with van der Waals surface area (Å²) >= 11 is 0. The Bertz CT molecular complexity index is 819. The number of nitrogens with zero attached hydrogens (tertiary/aromatic N) is 1. The normalized spacial score (nSPS) is 16.9. The van der Waals surface area contributed by atoms with Gasteiger partial charge in [0.25, 0.3) is 0 Å². The minimum absolute atomic E-state index is 0.0723. The maximum absolute atomic E-state index is 12.9. The van der Waals surface area contributed by atoms with E-state index in [1.165, 1.54) is 11.1 Å². The van der Waals surface area contributed by atoms with E-state index in [4.69, 9.17) is 4.74 Å². The predicted molar refractivity (Wildman–Crippen MR) is 106 cm³/mol. The molecule has 142 valence electrons. The number of anilines is 1. The van der Waals surface area contributed by atoms with Gasteiger partial charge in [-0.15, -0.1) is 0 Å². The van der Waals surface area contributed by atoms with Gasteiger partial charge in [-0.25, -0.2) is 4.79 Å². The topological polar surface area (TPSA) is 58.6 Å². The van der Waals surface area contributed by atoms with Crippen molar-refractivity contribution in [1.82, 2.24) is 4.90 Å². The number of likely N-dealkylation sites (tertiary alicyclic amines) is 1. The second-order valence-corrected chi connectivity index (χ2v) is 6.87. The molecule has 2 aromatic carbocycles. The van der Waals surface area contributed by atoms with E-state index in [1.807, 2.05) is 6.07 Å². The molecule has 3 rings (SSSR count). The van der Waals surface area contributed by atoms with Gasteiger partial charge in [-0.3, -0.25) is 9.69 Å². The number of amides is 1. The number of carbonyl (C=O) groups excluding carboxylic acids is 2. The van der Waals surface area contributed by atoms with E-state index in [-0.39, 0.29) is 11.9 Å². The fourth-order valence-electron chi connectivity index (χ4n) is 3.55. The molecule has 5 nitrogen and oxygen atoms in total. The number of benzene rings is 2. The van der Waals surface area contributed by atoms with Crippen molar-refractivity contribution in [2.75, 3.05) is 18.5 Å². The smallest absolute Gasteiger partial charge is 0.340 e. The minimum atomic E-state index is -0.420. The molecular weight excluding hydrogens is 340 g/mol. The van der Waals surface area contributed by atoms with Gasteiger partial charge in [0.05, 0.1) is 23.9 Å². The van der Waals surface area contributed by atoms with E-state index < -0.39 is 5.97 Å². The molecule has 5 heteroatoms. The lowest BCUT2D eigenvalue weighted by Gasteiger charge is -2.24. The lowest BCUT2D eigenvalue weighted by molar-refractivity contribution is -0.120. The Labute approximate surface area is 160 Å². The highest BCUT2D eigenvalue weighted by Crippen LogP contribution is 2.23. The summed E-state index contributed by atoms with van der Waals surface area (Å²) < 4.78 is 5.09. The quantitative estimate of drug-likeness (QED) is 0.791. The lowest BCUT2D eigenvalue weighted by Crippen LogP contribution is -2.39. The Hall–Kier alpha value is -2.66. The molecule has 1 N–H and O–H groups in total. The number of aryl methyl sites for hydroxylation is 1. The van der Waals surface area contributed by atoms with Crippen LogP contribution in [0.2, 0.25) is 0 Å². The Morgan fingerprint density at radius 2 is 2.00 bits per heavy atom. The van der Waals surface area contributed by atoms with E-state index in [0.717, 1.165) is 25.9 Å². The molecule has 0 bridgehead atoms. The molecule has 1 unspecified atom stereocenters. The van der Waals surface area contributed by atoms with Gasteiger partial charge in [0.15, 0.2) is 0 Å². The first-order valence-corrected chi connectivity index (χ1v) is 9.45. The van der Waals surface area contributed by atoms with E-state index in [9.17, 15) is 9.59 Å². The molecule has 0 spiro atoms. The first-order valence-electron chi connectivity index (χ1n) is 9.45. The van der Waals surface area contributed by atoms with Crippen LogP contribution in [0.1, 0.15) is 41.3 Å². The van der Waals surface area contributed by atoms with Gasteiger partial charge in [0.1, 0.15) is 0 Å². The highest BCUT2D eigenvalue weighted by molar-refractivity contribution is 6.02. The van der Waals surface area contributed by atoms with Crippen LogP contribution in [0.25, 0.3) is 0 Å². The summed E-state index contributed by atoms with van der Waals surface area (Å²) in [5, 5.41) is 2.94. The molecule has 1 heterocycles. The van der Waals surface area contributed by atoms with E-state index in [1.54, 1.807) is 31.2 Å². The molecule has 1 atom stereocenters. The number of nitrogens with one attached hydrogen (secondary N) is 1. The molecule has 27 heavy (non-hydrogen) atoms. The van der Waals surface area contributed by atoms with Crippen molar-refractivity contribution >= 4 is 17.6 Å². The monoisotopic (exact) mass is 366 g/mol. The first-order chi connectivity index (χ1) is 13.1. The molecule has 0 radical (unpaired) electrons. The van der Waals surface area contributed by atoms with Crippen LogP contribution in [0.4, 0.5) is 5.69 Å². The van der Waals surface area contributed by atoms with Crippen LogP contribution < -0.4 is 5.32 Å². The molecule has 1 fully saturated rings. The number of para-hydroxylation sites is 1. The number of hydrogen-bond donors (Lipinski definition) is 1. The van der Waals surface area contributed by atoms with Crippen molar-refractivity contribution in [3.63, 3.8) is 0 Å². The van der Waals surface area contributed by atoms with E-state index >= 15 is 0 Å². The molecule has 2 aromatic rings. The molecule has 0 saturated carbocycles. The fraction of sp³-hybridized carbons (Fsp3) is 0.364. The van der Waals surface area contributed by atoms with Gasteiger partial charge >= 0.3 is 5.97 Å². The molecular formula is C22H26N2O3. The van der Waals surface area contributed by atoms with Crippen molar-refractivity contribution in [3.8, 4) is 0 Å². The average molecular weight is 366 g/mol. The highest BCUT2D eigenvalue weighted by atomic mass is 16.5. The van der Waals surface area contributed by atoms with Crippen LogP contribution in [0.15, 0.2) is 48.5 Å². The Morgan fingerprint density at radius 3 is 2.78 bits per heavy atom. The first kappa shape index (κ1) is 19.1. The van der Waals surface area contributed by atoms with E-state index in [2.05, 4.69) is 35.3 Å². The molecule has 0 aromatic heterocycles. The maximum Gasteiger partial charge on any atom is 0.340 e. The van der Waals surface area contributed by atoms with Gasteiger partial charge < -0.3 is 10.1 Å². The zero-order chi connectivity index (χ0) is 19.2. The van der Waals surface area contributed by atoms with Crippen LogP contribution in [-0.4, -0.2) is 36.0 Å². The number of esters is 1. The van der Waals surface area contributed by atoms with Crippen molar-refractivity contribution in [2.24, 2.45) is 0 Å². The Balaban J connectivity index is 1.71. The highest BCUT2D eigenvalue weighted by Gasteiger charge is 2.31. The molecule has 1 saturated heterocycles. The molecule has 1 aliphatic heterocycles. The summed E-state index contributed by atoms with van der Waals surface area (Å²) in [6.07, 6.45) is 1.81. The summed E-state index contributed by atoms with van der Waals surface area (Å²) in [7, 11) is 0. The zero-order valence-electron chi connectivity index (χ0n) is 15.9. The standard InChI is InChI=1S/C22H26N2O3/c1-3-27-22(26)18-10-4-5-11-19(18)23-21(25)20-12-7-13-24(20)15-17-9-6-8-16(2)14-17/h4-6,8-11,14,20H,3,7,12-13,15H2,1-2H3,(H,23,25). The summed E-state index contributed by atoms with van der Waals surface area (Å²) in [5.74, 6) is -0.492. The molecule has 0 aliphatic carbocycles. The van der Waals surface area contributed by atoms with Crippen LogP contribution in [0.5, 0.6) is 0 Å². The van der Waals surface area contributed by atoms with Crippen LogP contribution in [0, 0.1) is 6.92 Å². The summed E-state index contributed by atoms with van der Waals surface area (Å²) in [6, 6.07) is 15.2.